The molecule has 0 aliphatic heterocycles. The van der Waals surface area contributed by atoms with E-state index in [9.17, 15) is 19.7 Å². The van der Waals surface area contributed by atoms with Crippen LogP contribution in [0.4, 0.5) is 5.69 Å². The minimum absolute atomic E-state index is 0.115. The minimum atomic E-state index is -0.713. The molecule has 0 unspecified atom stereocenters. The first kappa shape index (κ1) is 15.2. The molecule has 0 bridgehead atoms. The number of ether oxygens (including phenoxy) is 1. The van der Waals surface area contributed by atoms with Crippen molar-refractivity contribution in [3.8, 4) is 17.1 Å². The highest BCUT2D eigenvalue weighted by Gasteiger charge is 2.21. The van der Waals surface area contributed by atoms with Crippen LogP contribution in [0, 0.1) is 10.1 Å². The average Bonchev–Trinajstić information content (AvgIpc) is 2.95. The number of imide groups is 1. The summed E-state index contributed by atoms with van der Waals surface area (Å²) in [4.78, 5) is 33.0. The van der Waals surface area contributed by atoms with Crippen LogP contribution in [0.5, 0.6) is 5.75 Å². The van der Waals surface area contributed by atoms with Crippen LogP contribution in [0.2, 0.25) is 0 Å². The van der Waals surface area contributed by atoms with Gasteiger partial charge in [0.2, 0.25) is 5.91 Å². The summed E-state index contributed by atoms with van der Waals surface area (Å²) in [5.41, 5.74) is -0.0140. The number of carbonyl (C=O) groups excluding carboxylic acids is 2. The van der Waals surface area contributed by atoms with Gasteiger partial charge in [-0.25, -0.2) is 0 Å². The summed E-state index contributed by atoms with van der Waals surface area (Å²) in [6.07, 6.45) is 0. The third-order valence-electron chi connectivity index (χ3n) is 2.79. The van der Waals surface area contributed by atoms with Crippen LogP contribution in [0.3, 0.4) is 0 Å². The Morgan fingerprint density at radius 1 is 1.27 bits per heavy atom. The van der Waals surface area contributed by atoms with E-state index >= 15 is 0 Å². The molecule has 114 valence electrons. The van der Waals surface area contributed by atoms with Crippen LogP contribution in [-0.2, 0) is 4.79 Å². The minimum Gasteiger partial charge on any atom is -0.497 e. The molecular formula is C14H12N2O6. The Morgan fingerprint density at radius 2 is 2.00 bits per heavy atom. The van der Waals surface area contributed by atoms with Gasteiger partial charge in [0, 0.05) is 6.92 Å². The molecule has 22 heavy (non-hydrogen) atoms. The summed E-state index contributed by atoms with van der Waals surface area (Å²) in [7, 11) is 1.40. The summed E-state index contributed by atoms with van der Waals surface area (Å²) in [5, 5.41) is 13.2. The third kappa shape index (κ3) is 3.11. The Bertz CT molecular complexity index is 750. The molecule has 1 N–H and O–H groups in total. The van der Waals surface area contributed by atoms with E-state index in [1.54, 1.807) is 6.07 Å². The van der Waals surface area contributed by atoms with Crippen LogP contribution in [0.15, 0.2) is 34.7 Å². The summed E-state index contributed by atoms with van der Waals surface area (Å²) < 4.78 is 10.2. The number of nitro groups is 1. The monoisotopic (exact) mass is 304 g/mol. The van der Waals surface area contributed by atoms with E-state index in [2.05, 4.69) is 5.32 Å². The fourth-order valence-corrected chi connectivity index (χ4v) is 1.82. The van der Waals surface area contributed by atoms with Crippen molar-refractivity contribution in [2.75, 3.05) is 7.11 Å². The van der Waals surface area contributed by atoms with Gasteiger partial charge >= 0.3 is 0 Å². The Balaban J connectivity index is 2.41. The number of nitrogens with one attached hydrogen (secondary N) is 1. The predicted octanol–water partition coefficient (Wildman–Crippen LogP) is 2.14. The molecule has 8 nitrogen and oxygen atoms in total. The van der Waals surface area contributed by atoms with E-state index in [4.69, 9.17) is 9.15 Å². The predicted molar refractivity (Wildman–Crippen MR) is 75.5 cm³/mol. The van der Waals surface area contributed by atoms with Crippen LogP contribution < -0.4 is 10.1 Å². The molecule has 0 aliphatic carbocycles. The normalized spacial score (nSPS) is 10.1. The molecule has 1 aromatic carbocycles. The van der Waals surface area contributed by atoms with Crippen LogP contribution in [0.1, 0.15) is 17.5 Å². The number of nitrogens with zero attached hydrogens (tertiary/aromatic N) is 1. The van der Waals surface area contributed by atoms with Gasteiger partial charge < -0.3 is 9.15 Å². The molecule has 2 rings (SSSR count). The molecular weight excluding hydrogens is 292 g/mol. The first-order chi connectivity index (χ1) is 10.4. The number of hydrogen-bond acceptors (Lipinski definition) is 6. The second kappa shape index (κ2) is 6.08. The second-order valence-electron chi connectivity index (χ2n) is 4.31. The van der Waals surface area contributed by atoms with Gasteiger partial charge in [-0.15, -0.1) is 0 Å². The number of benzene rings is 1. The topological polar surface area (TPSA) is 112 Å². The Labute approximate surface area is 124 Å². The highest BCUT2D eigenvalue weighted by molar-refractivity contribution is 6.02. The van der Waals surface area contributed by atoms with E-state index in [-0.39, 0.29) is 22.8 Å². The number of rotatable bonds is 4. The lowest BCUT2D eigenvalue weighted by Crippen LogP contribution is -2.27. The van der Waals surface area contributed by atoms with Crippen molar-refractivity contribution in [3.05, 3.63) is 46.2 Å². The fourth-order valence-electron chi connectivity index (χ4n) is 1.82. The third-order valence-corrected chi connectivity index (χ3v) is 2.79. The lowest BCUT2D eigenvalue weighted by Gasteiger charge is -2.03. The van der Waals surface area contributed by atoms with Crippen molar-refractivity contribution in [1.82, 2.24) is 5.32 Å². The molecule has 1 heterocycles. The van der Waals surface area contributed by atoms with E-state index in [1.165, 1.54) is 38.3 Å². The summed E-state index contributed by atoms with van der Waals surface area (Å²) in [5.74, 6) is -0.886. The number of furan rings is 1. The molecule has 2 amide bonds. The molecule has 1 aromatic heterocycles. The van der Waals surface area contributed by atoms with Crippen molar-refractivity contribution < 1.29 is 23.7 Å². The summed E-state index contributed by atoms with van der Waals surface area (Å²) >= 11 is 0. The van der Waals surface area contributed by atoms with Crippen molar-refractivity contribution in [2.45, 2.75) is 6.92 Å². The highest BCUT2D eigenvalue weighted by Crippen LogP contribution is 2.34. The number of hydrogen-bond donors (Lipinski definition) is 1. The summed E-state index contributed by atoms with van der Waals surface area (Å²) in [6, 6.07) is 7.02. The van der Waals surface area contributed by atoms with Crippen molar-refractivity contribution >= 4 is 17.5 Å². The zero-order chi connectivity index (χ0) is 16.3. The summed E-state index contributed by atoms with van der Waals surface area (Å²) in [6.45, 7) is 1.19. The van der Waals surface area contributed by atoms with Crippen LogP contribution in [-0.4, -0.2) is 23.8 Å². The second-order valence-corrected chi connectivity index (χ2v) is 4.31. The van der Waals surface area contributed by atoms with Gasteiger partial charge in [0.15, 0.2) is 5.76 Å². The molecule has 0 aliphatic rings. The quantitative estimate of drug-likeness (QED) is 0.684. The molecule has 0 spiro atoms. The average molecular weight is 304 g/mol. The SMILES string of the molecule is COc1ccc(-c2ccc(C(=O)NC(C)=O)o2)c([N+](=O)[O-])c1. The van der Waals surface area contributed by atoms with Crippen molar-refractivity contribution in [3.63, 3.8) is 0 Å². The van der Waals surface area contributed by atoms with Gasteiger partial charge in [0.05, 0.1) is 23.7 Å². The van der Waals surface area contributed by atoms with E-state index in [0.29, 0.717) is 5.75 Å². The number of nitro benzene ring substituents is 1. The number of methoxy groups -OCH3 is 1. The van der Waals surface area contributed by atoms with E-state index in [0.717, 1.165) is 0 Å². The largest absolute Gasteiger partial charge is 0.497 e. The molecule has 8 heteroatoms. The van der Waals surface area contributed by atoms with Crippen molar-refractivity contribution in [1.29, 1.82) is 0 Å². The van der Waals surface area contributed by atoms with Gasteiger partial charge in [0.1, 0.15) is 11.5 Å². The standard InChI is InChI=1S/C14H12N2O6/c1-8(17)15-14(18)13-6-5-12(22-13)10-4-3-9(21-2)7-11(10)16(19)20/h3-7H,1-2H3,(H,15,17,18). The fraction of sp³-hybridized carbons (Fsp3) is 0.143. The lowest BCUT2D eigenvalue weighted by atomic mass is 10.1. The zero-order valence-corrected chi connectivity index (χ0v) is 11.8. The molecule has 0 saturated carbocycles. The molecule has 0 atom stereocenters. The number of carbonyl (C=O) groups is 2. The van der Waals surface area contributed by atoms with Gasteiger partial charge in [-0.1, -0.05) is 0 Å². The van der Waals surface area contributed by atoms with Crippen molar-refractivity contribution in [2.24, 2.45) is 0 Å². The van der Waals surface area contributed by atoms with E-state index < -0.39 is 16.7 Å². The maximum Gasteiger partial charge on any atom is 0.293 e. The highest BCUT2D eigenvalue weighted by atomic mass is 16.6. The van der Waals surface area contributed by atoms with Gasteiger partial charge in [-0.3, -0.25) is 25.0 Å². The van der Waals surface area contributed by atoms with Crippen LogP contribution >= 0.6 is 0 Å². The van der Waals surface area contributed by atoms with E-state index in [1.807, 2.05) is 0 Å². The van der Waals surface area contributed by atoms with Gasteiger partial charge in [-0.05, 0) is 24.3 Å². The molecule has 0 radical (unpaired) electrons. The van der Waals surface area contributed by atoms with Gasteiger partial charge in [-0.2, -0.15) is 0 Å². The Morgan fingerprint density at radius 3 is 2.59 bits per heavy atom. The molecule has 0 saturated heterocycles. The van der Waals surface area contributed by atoms with Crippen LogP contribution in [0.25, 0.3) is 11.3 Å². The Hall–Kier alpha value is -3.16. The first-order valence-corrected chi connectivity index (χ1v) is 6.17. The smallest absolute Gasteiger partial charge is 0.293 e. The first-order valence-electron chi connectivity index (χ1n) is 6.17. The maximum atomic E-state index is 11.6. The Kier molecular flexibility index (Phi) is 4.21. The lowest BCUT2D eigenvalue weighted by molar-refractivity contribution is -0.384. The van der Waals surface area contributed by atoms with Gasteiger partial charge in [0.25, 0.3) is 11.6 Å². The molecule has 0 fully saturated rings. The number of amides is 2. The maximum absolute atomic E-state index is 11.6. The molecule has 2 aromatic rings. The zero-order valence-electron chi connectivity index (χ0n) is 11.8.